The van der Waals surface area contributed by atoms with E-state index in [1.54, 1.807) is 0 Å². The molecule has 0 radical (unpaired) electrons. The molecule has 0 aliphatic carbocycles. The van der Waals surface area contributed by atoms with Crippen LogP contribution in [0.4, 0.5) is 0 Å². The number of rotatable bonds is 2. The van der Waals surface area contributed by atoms with Crippen molar-refractivity contribution in [1.29, 1.82) is 0 Å². The molecular formula is C8H15NO3. The van der Waals surface area contributed by atoms with E-state index >= 15 is 0 Å². The molecular weight excluding hydrogens is 158 g/mol. The van der Waals surface area contributed by atoms with Crippen molar-refractivity contribution >= 4 is 0 Å². The van der Waals surface area contributed by atoms with E-state index in [0.29, 0.717) is 13.2 Å². The van der Waals surface area contributed by atoms with Gasteiger partial charge in [0.05, 0.1) is 24.9 Å². The highest BCUT2D eigenvalue weighted by atomic mass is 16.6. The summed E-state index contributed by atoms with van der Waals surface area (Å²) in [5.41, 5.74) is 0. The highest BCUT2D eigenvalue weighted by Crippen LogP contribution is 2.14. The molecule has 0 amide bonds. The van der Waals surface area contributed by atoms with Crippen LogP contribution in [0.2, 0.25) is 0 Å². The lowest BCUT2D eigenvalue weighted by Gasteiger charge is -2.18. The summed E-state index contributed by atoms with van der Waals surface area (Å²) in [6, 6.07) is 0. The van der Waals surface area contributed by atoms with Crippen LogP contribution in [0.15, 0.2) is 0 Å². The molecule has 12 heavy (non-hydrogen) atoms. The highest BCUT2D eigenvalue weighted by Gasteiger charge is 2.29. The minimum absolute atomic E-state index is 0.0308. The molecule has 2 heterocycles. The minimum atomic E-state index is -0.342. The largest absolute Gasteiger partial charge is 0.389 e. The molecule has 3 atom stereocenters. The van der Waals surface area contributed by atoms with Gasteiger partial charge >= 0.3 is 0 Å². The van der Waals surface area contributed by atoms with Gasteiger partial charge in [-0.15, -0.1) is 0 Å². The van der Waals surface area contributed by atoms with E-state index in [4.69, 9.17) is 9.47 Å². The first-order chi connectivity index (χ1) is 5.86. The van der Waals surface area contributed by atoms with Gasteiger partial charge in [0, 0.05) is 19.7 Å². The summed E-state index contributed by atoms with van der Waals surface area (Å²) in [6.45, 7) is 2.89. The second-order valence-corrected chi connectivity index (χ2v) is 3.39. The van der Waals surface area contributed by atoms with Crippen LogP contribution >= 0.6 is 0 Å². The SMILES string of the molecule is O[C@@H]1CNC[C@H]1OC1CCOC1. The summed E-state index contributed by atoms with van der Waals surface area (Å²) in [5, 5.41) is 12.5. The second-order valence-electron chi connectivity index (χ2n) is 3.39. The number of aliphatic hydroxyl groups is 1. The Morgan fingerprint density at radius 1 is 1.42 bits per heavy atom. The van der Waals surface area contributed by atoms with E-state index < -0.39 is 0 Å². The van der Waals surface area contributed by atoms with Crippen LogP contribution in [-0.2, 0) is 9.47 Å². The molecule has 0 aromatic rings. The zero-order valence-electron chi connectivity index (χ0n) is 7.03. The normalized spacial score (nSPS) is 42.2. The number of aliphatic hydroxyl groups excluding tert-OH is 1. The zero-order chi connectivity index (χ0) is 8.39. The Morgan fingerprint density at radius 2 is 2.33 bits per heavy atom. The predicted molar refractivity (Wildman–Crippen MR) is 43.0 cm³/mol. The Balaban J connectivity index is 1.77. The van der Waals surface area contributed by atoms with E-state index in [2.05, 4.69) is 5.32 Å². The molecule has 0 spiro atoms. The van der Waals surface area contributed by atoms with Crippen LogP contribution in [0.3, 0.4) is 0 Å². The van der Waals surface area contributed by atoms with E-state index in [1.807, 2.05) is 0 Å². The maximum Gasteiger partial charge on any atom is 0.0975 e. The van der Waals surface area contributed by atoms with Gasteiger partial charge in [-0.3, -0.25) is 0 Å². The first-order valence-corrected chi connectivity index (χ1v) is 4.48. The number of ether oxygens (including phenoxy) is 2. The third kappa shape index (κ3) is 1.77. The molecule has 2 aliphatic rings. The van der Waals surface area contributed by atoms with E-state index in [9.17, 15) is 5.11 Å². The highest BCUT2D eigenvalue weighted by molar-refractivity contribution is 4.82. The summed E-state index contributed by atoms with van der Waals surface area (Å²) in [4.78, 5) is 0. The van der Waals surface area contributed by atoms with Gasteiger partial charge in [0.15, 0.2) is 0 Å². The maximum atomic E-state index is 9.42. The number of nitrogens with one attached hydrogen (secondary N) is 1. The standard InChI is InChI=1S/C8H15NO3/c10-7-3-9-4-8(7)12-6-1-2-11-5-6/h6-10H,1-5H2/t6?,7-,8-/m1/s1. The van der Waals surface area contributed by atoms with Crippen molar-refractivity contribution < 1.29 is 14.6 Å². The maximum absolute atomic E-state index is 9.42. The van der Waals surface area contributed by atoms with Crippen LogP contribution < -0.4 is 5.32 Å². The van der Waals surface area contributed by atoms with Crippen molar-refractivity contribution in [2.24, 2.45) is 0 Å². The number of β-amino-alcohol motifs (C(OH)–C–C–N with tert-alkyl or cyclic N) is 1. The Morgan fingerprint density at radius 3 is 2.92 bits per heavy atom. The molecule has 0 bridgehead atoms. The summed E-state index contributed by atoms with van der Waals surface area (Å²) >= 11 is 0. The fraction of sp³-hybridized carbons (Fsp3) is 1.00. The van der Waals surface area contributed by atoms with Gasteiger partial charge in [-0.25, -0.2) is 0 Å². The number of hydrogen-bond donors (Lipinski definition) is 2. The van der Waals surface area contributed by atoms with Crippen LogP contribution in [0, 0.1) is 0 Å². The summed E-state index contributed by atoms with van der Waals surface area (Å²) < 4.78 is 10.8. The Kier molecular flexibility index (Phi) is 2.60. The van der Waals surface area contributed by atoms with Crippen LogP contribution in [-0.4, -0.2) is 49.7 Å². The molecule has 0 aromatic carbocycles. The van der Waals surface area contributed by atoms with Gasteiger partial charge in [-0.05, 0) is 6.42 Å². The van der Waals surface area contributed by atoms with Gasteiger partial charge in [0.1, 0.15) is 0 Å². The van der Waals surface area contributed by atoms with Gasteiger partial charge in [-0.1, -0.05) is 0 Å². The van der Waals surface area contributed by atoms with Gasteiger partial charge in [0.25, 0.3) is 0 Å². The average Bonchev–Trinajstić information content (AvgIpc) is 2.65. The molecule has 4 nitrogen and oxygen atoms in total. The molecule has 70 valence electrons. The minimum Gasteiger partial charge on any atom is -0.389 e. The third-order valence-corrected chi connectivity index (χ3v) is 2.38. The molecule has 2 fully saturated rings. The first kappa shape index (κ1) is 8.44. The molecule has 2 aliphatic heterocycles. The molecule has 0 saturated carbocycles. The van der Waals surface area contributed by atoms with Crippen LogP contribution in [0.1, 0.15) is 6.42 Å². The van der Waals surface area contributed by atoms with Gasteiger partial charge in [0.2, 0.25) is 0 Å². The molecule has 1 unspecified atom stereocenters. The Bertz CT molecular complexity index is 147. The average molecular weight is 173 g/mol. The van der Waals surface area contributed by atoms with Crippen molar-refractivity contribution in [2.45, 2.75) is 24.7 Å². The monoisotopic (exact) mass is 173 g/mol. The summed E-state index contributed by atoms with van der Waals surface area (Å²) in [6.07, 6.45) is 0.787. The lowest BCUT2D eigenvalue weighted by molar-refractivity contribution is -0.0539. The Hall–Kier alpha value is -0.160. The fourth-order valence-electron chi connectivity index (χ4n) is 1.65. The topological polar surface area (TPSA) is 50.7 Å². The summed E-state index contributed by atoms with van der Waals surface area (Å²) in [5.74, 6) is 0. The molecule has 4 heteroatoms. The van der Waals surface area contributed by atoms with Gasteiger partial charge < -0.3 is 19.9 Å². The van der Waals surface area contributed by atoms with Crippen LogP contribution in [0.5, 0.6) is 0 Å². The second kappa shape index (κ2) is 3.70. The number of hydrogen-bond acceptors (Lipinski definition) is 4. The van der Waals surface area contributed by atoms with Crippen molar-refractivity contribution in [3.8, 4) is 0 Å². The van der Waals surface area contributed by atoms with Crippen molar-refractivity contribution in [1.82, 2.24) is 5.32 Å². The van der Waals surface area contributed by atoms with Crippen molar-refractivity contribution in [3.05, 3.63) is 0 Å². The van der Waals surface area contributed by atoms with E-state index in [1.165, 1.54) is 0 Å². The van der Waals surface area contributed by atoms with E-state index in [0.717, 1.165) is 19.6 Å². The van der Waals surface area contributed by atoms with Crippen molar-refractivity contribution in [3.63, 3.8) is 0 Å². The summed E-state index contributed by atoms with van der Waals surface area (Å²) in [7, 11) is 0. The quantitative estimate of drug-likeness (QED) is 0.569. The predicted octanol–water partition coefficient (Wildman–Crippen LogP) is -0.875. The lowest BCUT2D eigenvalue weighted by atomic mass is 10.2. The molecule has 0 aromatic heterocycles. The molecule has 2 saturated heterocycles. The molecule has 2 N–H and O–H groups in total. The zero-order valence-corrected chi connectivity index (χ0v) is 7.03. The lowest BCUT2D eigenvalue weighted by Crippen LogP contribution is -2.31. The third-order valence-electron chi connectivity index (χ3n) is 2.38. The van der Waals surface area contributed by atoms with Crippen LogP contribution in [0.25, 0.3) is 0 Å². The first-order valence-electron chi connectivity index (χ1n) is 4.48. The smallest absolute Gasteiger partial charge is 0.0975 e. The van der Waals surface area contributed by atoms with E-state index in [-0.39, 0.29) is 18.3 Å². The fourth-order valence-corrected chi connectivity index (χ4v) is 1.65. The Labute approximate surface area is 71.9 Å². The van der Waals surface area contributed by atoms with Crippen molar-refractivity contribution in [2.75, 3.05) is 26.3 Å². The molecule has 2 rings (SSSR count). The van der Waals surface area contributed by atoms with Gasteiger partial charge in [-0.2, -0.15) is 0 Å².